The van der Waals surface area contributed by atoms with Gasteiger partial charge < -0.3 is 0 Å². The second kappa shape index (κ2) is 5.81. The number of aryl methyl sites for hydroxylation is 3. The molecule has 1 aromatic heterocycles. The summed E-state index contributed by atoms with van der Waals surface area (Å²) in [6, 6.07) is 5.73. The fraction of sp³-hybridized carbons (Fsp3) is 0.333. The highest BCUT2D eigenvalue weighted by Gasteiger charge is 2.41. The number of carbonyl (C=O) groups excluding carboxylic acids is 2. The molecule has 1 aliphatic heterocycles. The lowest BCUT2D eigenvalue weighted by atomic mass is 10.1. The molecule has 3 rings (SSSR count). The Balaban J connectivity index is 1.85. The van der Waals surface area contributed by atoms with Gasteiger partial charge >= 0.3 is 0 Å². The Kier molecular flexibility index (Phi) is 4.01. The van der Waals surface area contributed by atoms with Gasteiger partial charge in [0, 0.05) is 6.42 Å². The zero-order chi connectivity index (χ0) is 15.9. The van der Waals surface area contributed by atoms with E-state index in [1.54, 1.807) is 0 Å². The van der Waals surface area contributed by atoms with Crippen LogP contribution in [0.1, 0.15) is 22.6 Å². The van der Waals surface area contributed by atoms with E-state index >= 15 is 0 Å². The lowest BCUT2D eigenvalue weighted by molar-refractivity contribution is -0.121. The third kappa shape index (κ3) is 2.78. The zero-order valence-electron chi connectivity index (χ0n) is 12.5. The molecule has 22 heavy (non-hydrogen) atoms. The van der Waals surface area contributed by atoms with Crippen molar-refractivity contribution in [3.05, 3.63) is 34.3 Å². The molecule has 2 heterocycles. The first-order valence-corrected chi connectivity index (χ1v) is 8.56. The van der Waals surface area contributed by atoms with E-state index in [0.717, 1.165) is 20.5 Å². The highest BCUT2D eigenvalue weighted by Crippen LogP contribution is 2.36. The van der Waals surface area contributed by atoms with Crippen LogP contribution in [0.15, 0.2) is 22.5 Å². The van der Waals surface area contributed by atoms with Crippen molar-refractivity contribution in [1.29, 1.82) is 0 Å². The molecule has 7 heteroatoms. The molecule has 1 atom stereocenters. The second-order valence-electron chi connectivity index (χ2n) is 5.25. The van der Waals surface area contributed by atoms with Gasteiger partial charge in [0.1, 0.15) is 10.3 Å². The number of imide groups is 1. The van der Waals surface area contributed by atoms with E-state index in [0.29, 0.717) is 5.69 Å². The van der Waals surface area contributed by atoms with E-state index in [4.69, 9.17) is 0 Å². The third-order valence-corrected chi connectivity index (χ3v) is 5.56. The van der Waals surface area contributed by atoms with Gasteiger partial charge in [0.05, 0.1) is 5.69 Å². The van der Waals surface area contributed by atoms with E-state index in [1.807, 2.05) is 39.0 Å². The first-order chi connectivity index (χ1) is 10.5. The average Bonchev–Trinajstić information content (AvgIpc) is 2.96. The number of nitrogens with zero attached hydrogens (tertiary/aromatic N) is 3. The van der Waals surface area contributed by atoms with Gasteiger partial charge in [0.15, 0.2) is 4.34 Å². The van der Waals surface area contributed by atoms with Crippen LogP contribution in [0.5, 0.6) is 0 Å². The van der Waals surface area contributed by atoms with Crippen molar-refractivity contribution in [2.45, 2.75) is 36.8 Å². The Morgan fingerprint density at radius 3 is 2.64 bits per heavy atom. The molecule has 0 saturated carbocycles. The fourth-order valence-corrected chi connectivity index (χ4v) is 4.54. The molecule has 5 nitrogen and oxygen atoms in total. The molecular formula is C15H15N3O2S2. The van der Waals surface area contributed by atoms with Crippen LogP contribution in [0.25, 0.3) is 0 Å². The van der Waals surface area contributed by atoms with Gasteiger partial charge in [-0.15, -0.1) is 10.2 Å². The predicted molar refractivity (Wildman–Crippen MR) is 87.3 cm³/mol. The quantitative estimate of drug-likeness (QED) is 0.808. The van der Waals surface area contributed by atoms with Gasteiger partial charge in [-0.2, -0.15) is 0 Å². The summed E-state index contributed by atoms with van der Waals surface area (Å²) >= 11 is 2.76. The number of amides is 2. The van der Waals surface area contributed by atoms with E-state index in [-0.39, 0.29) is 18.2 Å². The molecule has 0 radical (unpaired) electrons. The summed E-state index contributed by atoms with van der Waals surface area (Å²) < 4.78 is 0.728. The molecule has 0 aliphatic carbocycles. The molecule has 0 spiro atoms. The van der Waals surface area contributed by atoms with Gasteiger partial charge in [0.25, 0.3) is 0 Å². The normalized spacial score (nSPS) is 18.3. The van der Waals surface area contributed by atoms with E-state index in [9.17, 15) is 9.59 Å². The summed E-state index contributed by atoms with van der Waals surface area (Å²) in [7, 11) is 0. The molecule has 1 unspecified atom stereocenters. The maximum atomic E-state index is 12.6. The highest BCUT2D eigenvalue weighted by atomic mass is 32.2. The van der Waals surface area contributed by atoms with Crippen LogP contribution in [-0.2, 0) is 9.59 Å². The summed E-state index contributed by atoms with van der Waals surface area (Å²) in [6.45, 7) is 5.77. The average molecular weight is 333 g/mol. The van der Waals surface area contributed by atoms with Crippen molar-refractivity contribution >= 4 is 40.6 Å². The Hall–Kier alpha value is -1.73. The summed E-state index contributed by atoms with van der Waals surface area (Å²) in [6.07, 6.45) is 0.204. The van der Waals surface area contributed by atoms with Gasteiger partial charge in [-0.3, -0.25) is 9.59 Å². The van der Waals surface area contributed by atoms with Crippen molar-refractivity contribution in [2.75, 3.05) is 4.90 Å². The minimum atomic E-state index is -0.416. The van der Waals surface area contributed by atoms with Crippen LogP contribution in [0.2, 0.25) is 0 Å². The number of hydrogen-bond donors (Lipinski definition) is 0. The van der Waals surface area contributed by atoms with Crippen LogP contribution >= 0.6 is 23.1 Å². The number of anilines is 1. The summed E-state index contributed by atoms with van der Waals surface area (Å²) in [5.74, 6) is -0.328. The number of hydrogen-bond acceptors (Lipinski definition) is 6. The van der Waals surface area contributed by atoms with Crippen molar-refractivity contribution in [3.63, 3.8) is 0 Å². The lowest BCUT2D eigenvalue weighted by Gasteiger charge is -2.17. The molecule has 2 amide bonds. The van der Waals surface area contributed by atoms with Gasteiger partial charge in [-0.1, -0.05) is 40.8 Å². The number of benzene rings is 1. The van der Waals surface area contributed by atoms with Crippen molar-refractivity contribution in [1.82, 2.24) is 10.2 Å². The predicted octanol–water partition coefficient (Wildman–Crippen LogP) is 2.89. The van der Waals surface area contributed by atoms with Crippen molar-refractivity contribution in [3.8, 4) is 0 Å². The van der Waals surface area contributed by atoms with Crippen LogP contribution in [-0.4, -0.2) is 27.3 Å². The summed E-state index contributed by atoms with van der Waals surface area (Å²) in [4.78, 5) is 26.2. The first kappa shape index (κ1) is 15.2. The fourth-order valence-electron chi connectivity index (χ4n) is 2.45. The molecule has 0 bridgehead atoms. The van der Waals surface area contributed by atoms with Crippen LogP contribution in [0.4, 0.5) is 5.69 Å². The molecular weight excluding hydrogens is 318 g/mol. The number of carbonyl (C=O) groups is 2. The molecule has 1 saturated heterocycles. The first-order valence-electron chi connectivity index (χ1n) is 6.86. The second-order valence-corrected chi connectivity index (χ2v) is 7.89. The summed E-state index contributed by atoms with van der Waals surface area (Å²) in [5, 5.41) is 8.39. The minimum Gasteiger partial charge on any atom is -0.274 e. The van der Waals surface area contributed by atoms with Crippen LogP contribution < -0.4 is 4.90 Å². The third-order valence-electron chi connectivity index (χ3n) is 3.45. The SMILES string of the molecule is Cc1ccc(N2C(=O)CC(Sc3nnc(C)s3)C2=O)c(C)c1. The van der Waals surface area contributed by atoms with Crippen molar-refractivity contribution in [2.24, 2.45) is 0 Å². The maximum Gasteiger partial charge on any atom is 0.247 e. The van der Waals surface area contributed by atoms with Gasteiger partial charge in [0.2, 0.25) is 11.8 Å². The van der Waals surface area contributed by atoms with Crippen LogP contribution in [0.3, 0.4) is 0 Å². The zero-order valence-corrected chi connectivity index (χ0v) is 14.1. The van der Waals surface area contributed by atoms with E-state index < -0.39 is 5.25 Å². The topological polar surface area (TPSA) is 63.2 Å². The number of thioether (sulfide) groups is 1. The molecule has 1 fully saturated rings. The molecule has 114 valence electrons. The van der Waals surface area contributed by atoms with E-state index in [1.165, 1.54) is 28.0 Å². The molecule has 1 aliphatic rings. The Morgan fingerprint density at radius 1 is 1.23 bits per heavy atom. The molecule has 0 N–H and O–H groups in total. The molecule has 2 aromatic rings. The summed E-state index contributed by atoms with van der Waals surface area (Å²) in [5.41, 5.74) is 2.71. The van der Waals surface area contributed by atoms with Gasteiger partial charge in [-0.25, -0.2) is 4.90 Å². The number of rotatable bonds is 3. The van der Waals surface area contributed by atoms with Crippen molar-refractivity contribution < 1.29 is 9.59 Å². The Bertz CT molecular complexity index is 757. The minimum absolute atomic E-state index is 0.157. The Morgan fingerprint density at radius 2 is 2.00 bits per heavy atom. The van der Waals surface area contributed by atoms with Gasteiger partial charge in [-0.05, 0) is 32.4 Å². The standard InChI is InChI=1S/C15H15N3O2S2/c1-8-4-5-11(9(2)6-8)18-13(19)7-12(14(18)20)22-15-17-16-10(3)21-15/h4-6,12H,7H2,1-3H3. The molecule has 1 aromatic carbocycles. The van der Waals surface area contributed by atoms with Crippen LogP contribution in [0, 0.1) is 20.8 Å². The Labute approximate surface area is 136 Å². The monoisotopic (exact) mass is 333 g/mol. The largest absolute Gasteiger partial charge is 0.274 e. The lowest BCUT2D eigenvalue weighted by Crippen LogP contribution is -2.31. The maximum absolute atomic E-state index is 12.6. The van der Waals surface area contributed by atoms with E-state index in [2.05, 4.69) is 10.2 Å². The number of aromatic nitrogens is 2. The highest BCUT2D eigenvalue weighted by molar-refractivity contribution is 8.02. The smallest absolute Gasteiger partial charge is 0.247 e.